The molecule has 2 aromatic heterocycles. The van der Waals surface area contributed by atoms with Crippen molar-refractivity contribution in [3.8, 4) is 0 Å². The lowest BCUT2D eigenvalue weighted by Crippen LogP contribution is -2.27. The van der Waals surface area contributed by atoms with Crippen molar-refractivity contribution in [3.63, 3.8) is 0 Å². The van der Waals surface area contributed by atoms with Gasteiger partial charge in [0.2, 0.25) is 5.78 Å². The van der Waals surface area contributed by atoms with Crippen LogP contribution in [0, 0.1) is 0 Å². The summed E-state index contributed by atoms with van der Waals surface area (Å²) in [5.41, 5.74) is 6.21. The number of ketones is 1. The van der Waals surface area contributed by atoms with Gasteiger partial charge in [0.1, 0.15) is 10.8 Å². The minimum Gasteiger partial charge on any atom is -0.321 e. The quantitative estimate of drug-likeness (QED) is 0.770. The van der Waals surface area contributed by atoms with E-state index in [0.29, 0.717) is 5.65 Å². The lowest BCUT2D eigenvalue weighted by atomic mass is 10.2. The highest BCUT2D eigenvalue weighted by molar-refractivity contribution is 6.33. The second-order valence-corrected chi connectivity index (χ2v) is 3.57. The third kappa shape index (κ3) is 1.60. The Bertz CT molecular complexity index is 520. The number of hydrogen-bond acceptors (Lipinski definition) is 4. The zero-order valence-corrected chi connectivity index (χ0v) is 8.77. The van der Waals surface area contributed by atoms with Crippen molar-refractivity contribution in [1.82, 2.24) is 14.4 Å². The second-order valence-electron chi connectivity index (χ2n) is 3.21. The van der Waals surface area contributed by atoms with Crippen LogP contribution >= 0.6 is 11.6 Å². The molecule has 6 heteroatoms. The number of carbonyl (C=O) groups is 1. The summed E-state index contributed by atoms with van der Waals surface area (Å²) in [6.07, 6.45) is 4.74. The molecule has 15 heavy (non-hydrogen) atoms. The van der Waals surface area contributed by atoms with E-state index in [-0.39, 0.29) is 16.6 Å². The molecule has 0 aliphatic rings. The lowest BCUT2D eigenvalue weighted by molar-refractivity contribution is 0.0964. The Kier molecular flexibility index (Phi) is 2.42. The summed E-state index contributed by atoms with van der Waals surface area (Å²) in [4.78, 5) is 19.6. The van der Waals surface area contributed by atoms with Gasteiger partial charge in [-0.25, -0.2) is 4.98 Å². The van der Waals surface area contributed by atoms with Gasteiger partial charge in [0.25, 0.3) is 0 Å². The van der Waals surface area contributed by atoms with Crippen molar-refractivity contribution in [2.75, 3.05) is 0 Å². The number of halogens is 1. The molecule has 1 unspecified atom stereocenters. The highest BCUT2D eigenvalue weighted by Crippen LogP contribution is 2.18. The fourth-order valence-corrected chi connectivity index (χ4v) is 1.53. The van der Waals surface area contributed by atoms with Crippen molar-refractivity contribution in [2.45, 2.75) is 13.0 Å². The molecule has 78 valence electrons. The van der Waals surface area contributed by atoms with Gasteiger partial charge in [0.15, 0.2) is 5.65 Å². The van der Waals surface area contributed by atoms with Crippen molar-refractivity contribution < 1.29 is 4.79 Å². The molecule has 2 rings (SSSR count). The Morgan fingerprint density at radius 1 is 1.67 bits per heavy atom. The third-order valence-electron chi connectivity index (χ3n) is 2.02. The molecule has 0 aliphatic carbocycles. The van der Waals surface area contributed by atoms with E-state index < -0.39 is 6.04 Å². The van der Waals surface area contributed by atoms with Crippen molar-refractivity contribution in [3.05, 3.63) is 29.4 Å². The number of fused-ring (bicyclic) bond motifs is 1. The highest BCUT2D eigenvalue weighted by Gasteiger charge is 2.20. The highest BCUT2D eigenvalue weighted by atomic mass is 35.5. The molecule has 0 saturated heterocycles. The Balaban J connectivity index is 2.63. The summed E-state index contributed by atoms with van der Waals surface area (Å²) in [6, 6.07) is -0.611. The van der Waals surface area contributed by atoms with Gasteiger partial charge in [-0.05, 0) is 6.92 Å². The van der Waals surface area contributed by atoms with Crippen LogP contribution in [0.3, 0.4) is 0 Å². The Labute approximate surface area is 90.9 Å². The Morgan fingerprint density at radius 2 is 2.40 bits per heavy atom. The standard InChI is InChI=1S/C9H9ClN4O/c1-5(11)8(15)7-9(10)14-3-2-12-4-6(14)13-7/h2-5H,11H2,1H3. The van der Waals surface area contributed by atoms with Crippen LogP contribution in [0.2, 0.25) is 5.15 Å². The largest absolute Gasteiger partial charge is 0.321 e. The number of carbonyl (C=O) groups excluding carboxylic acids is 1. The number of hydrogen-bond donors (Lipinski definition) is 1. The smallest absolute Gasteiger partial charge is 0.200 e. The normalized spacial score (nSPS) is 13.0. The third-order valence-corrected chi connectivity index (χ3v) is 2.38. The number of imidazole rings is 1. The zero-order valence-electron chi connectivity index (χ0n) is 8.01. The number of nitrogens with zero attached hydrogens (tertiary/aromatic N) is 3. The van der Waals surface area contributed by atoms with E-state index in [4.69, 9.17) is 17.3 Å². The molecule has 2 N–H and O–H groups in total. The first-order valence-electron chi connectivity index (χ1n) is 4.38. The Hall–Kier alpha value is -1.46. The summed E-state index contributed by atoms with van der Waals surface area (Å²) >= 11 is 5.99. The predicted molar refractivity (Wildman–Crippen MR) is 56.0 cm³/mol. The summed E-state index contributed by atoms with van der Waals surface area (Å²) in [5.74, 6) is -0.274. The van der Waals surface area contributed by atoms with Gasteiger partial charge in [-0.15, -0.1) is 0 Å². The molecular weight excluding hydrogens is 216 g/mol. The molecule has 0 aromatic carbocycles. The molecule has 0 radical (unpaired) electrons. The topological polar surface area (TPSA) is 73.3 Å². The average molecular weight is 225 g/mol. The van der Waals surface area contributed by atoms with Gasteiger partial charge in [0, 0.05) is 12.4 Å². The van der Waals surface area contributed by atoms with Gasteiger partial charge in [0.05, 0.1) is 12.2 Å². The summed E-state index contributed by atoms with van der Waals surface area (Å²) < 4.78 is 1.59. The van der Waals surface area contributed by atoms with E-state index in [9.17, 15) is 4.79 Å². The van der Waals surface area contributed by atoms with Crippen LogP contribution < -0.4 is 5.73 Å². The molecule has 0 amide bonds. The van der Waals surface area contributed by atoms with Crippen molar-refractivity contribution in [1.29, 1.82) is 0 Å². The molecule has 0 fully saturated rings. The van der Waals surface area contributed by atoms with Gasteiger partial charge >= 0.3 is 0 Å². The minimum atomic E-state index is -0.611. The van der Waals surface area contributed by atoms with E-state index in [2.05, 4.69) is 9.97 Å². The van der Waals surface area contributed by atoms with E-state index >= 15 is 0 Å². The van der Waals surface area contributed by atoms with E-state index in [1.165, 1.54) is 6.20 Å². The molecule has 0 spiro atoms. The molecule has 0 aliphatic heterocycles. The molecule has 5 nitrogen and oxygen atoms in total. The van der Waals surface area contributed by atoms with E-state index in [1.807, 2.05) is 0 Å². The fourth-order valence-electron chi connectivity index (χ4n) is 1.25. The fraction of sp³-hybridized carbons (Fsp3) is 0.222. The van der Waals surface area contributed by atoms with Crippen LogP contribution in [0.4, 0.5) is 0 Å². The van der Waals surface area contributed by atoms with Gasteiger partial charge in [-0.1, -0.05) is 11.6 Å². The number of rotatable bonds is 2. The van der Waals surface area contributed by atoms with Crippen LogP contribution in [-0.2, 0) is 0 Å². The number of nitrogens with two attached hydrogens (primary N) is 1. The first-order valence-corrected chi connectivity index (χ1v) is 4.76. The maximum Gasteiger partial charge on any atom is 0.200 e. The molecule has 0 saturated carbocycles. The first kappa shape index (κ1) is 10.1. The van der Waals surface area contributed by atoms with Gasteiger partial charge in [-0.3, -0.25) is 14.2 Å². The first-order chi connectivity index (χ1) is 7.11. The zero-order chi connectivity index (χ0) is 11.0. The maximum absolute atomic E-state index is 11.6. The maximum atomic E-state index is 11.6. The second kappa shape index (κ2) is 3.60. The number of Topliss-reactive ketones (excluding diaryl/α,β-unsaturated/α-hetero) is 1. The predicted octanol–water partition coefficient (Wildman–Crippen LogP) is 0.913. The lowest BCUT2D eigenvalue weighted by Gasteiger charge is -2.00. The molecular formula is C9H9ClN4O. The van der Waals surface area contributed by atoms with Crippen LogP contribution in [0.15, 0.2) is 18.6 Å². The van der Waals surface area contributed by atoms with E-state index in [0.717, 1.165) is 0 Å². The SMILES string of the molecule is CC(N)C(=O)c1nc2cnccn2c1Cl. The average Bonchev–Trinajstić information content (AvgIpc) is 2.56. The van der Waals surface area contributed by atoms with Crippen LogP contribution in [-0.4, -0.2) is 26.2 Å². The van der Waals surface area contributed by atoms with Gasteiger partial charge < -0.3 is 5.73 Å². The monoisotopic (exact) mass is 224 g/mol. The van der Waals surface area contributed by atoms with Crippen molar-refractivity contribution in [2.24, 2.45) is 5.73 Å². The van der Waals surface area contributed by atoms with Crippen molar-refractivity contribution >= 4 is 23.0 Å². The van der Waals surface area contributed by atoms with Crippen LogP contribution in [0.25, 0.3) is 5.65 Å². The Morgan fingerprint density at radius 3 is 3.00 bits per heavy atom. The summed E-state index contributed by atoms with van der Waals surface area (Å²) in [7, 11) is 0. The molecule has 2 aromatic rings. The number of aromatic nitrogens is 3. The van der Waals surface area contributed by atoms with Crippen LogP contribution in [0.1, 0.15) is 17.4 Å². The van der Waals surface area contributed by atoms with Gasteiger partial charge in [-0.2, -0.15) is 0 Å². The summed E-state index contributed by atoms with van der Waals surface area (Å²) in [6.45, 7) is 1.60. The van der Waals surface area contributed by atoms with E-state index in [1.54, 1.807) is 23.7 Å². The minimum absolute atomic E-state index is 0.194. The molecule has 0 bridgehead atoms. The molecule has 1 atom stereocenters. The van der Waals surface area contributed by atoms with Crippen LogP contribution in [0.5, 0.6) is 0 Å². The molecule has 2 heterocycles. The summed E-state index contributed by atoms with van der Waals surface area (Å²) in [5, 5.41) is 0.273.